The number of rotatable bonds is 8. The first-order valence-electron chi connectivity index (χ1n) is 12.5. The Morgan fingerprint density at radius 2 is 1.68 bits per heavy atom. The van der Waals surface area contributed by atoms with E-state index in [0.717, 1.165) is 36.0 Å². The van der Waals surface area contributed by atoms with Gasteiger partial charge in [0, 0.05) is 11.4 Å². The second-order valence-corrected chi connectivity index (χ2v) is 10.2. The number of ether oxygens (including phenoxy) is 1. The van der Waals surface area contributed by atoms with Crippen LogP contribution in [0.1, 0.15) is 32.1 Å². The van der Waals surface area contributed by atoms with Gasteiger partial charge in [0.05, 0.1) is 23.9 Å². The highest BCUT2D eigenvalue weighted by atomic mass is 32.2. The molecule has 0 radical (unpaired) electrons. The molecule has 0 unspecified atom stereocenters. The molecule has 1 aromatic heterocycles. The van der Waals surface area contributed by atoms with Gasteiger partial charge < -0.3 is 15.0 Å². The minimum atomic E-state index is -0.981. The summed E-state index contributed by atoms with van der Waals surface area (Å²) in [6, 6.07) is 24.6. The summed E-state index contributed by atoms with van der Waals surface area (Å²) in [5.74, 6) is 0.590. The lowest BCUT2D eigenvalue weighted by atomic mass is 9.78. The number of aromatic amines is 1. The molecule has 4 aromatic rings. The number of anilines is 2. The number of H-pyrrole nitrogens is 1. The number of nitrogens with one attached hydrogen (secondary N) is 2. The lowest BCUT2D eigenvalue weighted by Crippen LogP contribution is -2.61. The first-order chi connectivity index (χ1) is 18.1. The highest BCUT2D eigenvalue weighted by Crippen LogP contribution is 2.39. The van der Waals surface area contributed by atoms with Crippen LogP contribution in [0.25, 0.3) is 11.0 Å². The average molecular weight is 515 g/mol. The fourth-order valence-electron chi connectivity index (χ4n) is 5.01. The summed E-state index contributed by atoms with van der Waals surface area (Å²) in [6.07, 6.45) is 4.00. The smallest absolute Gasteiger partial charge is 0.250 e. The molecule has 7 nitrogen and oxygen atoms in total. The number of imidazole rings is 1. The molecule has 2 N–H and O–H groups in total. The van der Waals surface area contributed by atoms with Crippen LogP contribution in [0.5, 0.6) is 5.75 Å². The lowest BCUT2D eigenvalue weighted by Gasteiger charge is -2.45. The van der Waals surface area contributed by atoms with Crippen molar-refractivity contribution in [3.63, 3.8) is 0 Å². The predicted molar refractivity (Wildman–Crippen MR) is 148 cm³/mol. The van der Waals surface area contributed by atoms with Gasteiger partial charge in [0.15, 0.2) is 5.16 Å². The van der Waals surface area contributed by atoms with Gasteiger partial charge in [-0.05, 0) is 61.4 Å². The van der Waals surface area contributed by atoms with Gasteiger partial charge in [0.1, 0.15) is 11.3 Å². The third-order valence-corrected chi connectivity index (χ3v) is 7.70. The summed E-state index contributed by atoms with van der Waals surface area (Å²) in [5.41, 5.74) is 2.21. The maximum absolute atomic E-state index is 14.0. The molecule has 0 spiro atoms. The second kappa shape index (κ2) is 11.1. The molecule has 1 fully saturated rings. The van der Waals surface area contributed by atoms with Gasteiger partial charge in [0.25, 0.3) is 5.91 Å². The Hall–Kier alpha value is -3.78. The molecule has 0 saturated heterocycles. The number of hydrogen-bond acceptors (Lipinski definition) is 5. The van der Waals surface area contributed by atoms with E-state index >= 15 is 0 Å². The molecule has 190 valence electrons. The topological polar surface area (TPSA) is 87.3 Å². The summed E-state index contributed by atoms with van der Waals surface area (Å²) < 4.78 is 5.24. The minimum Gasteiger partial charge on any atom is -0.497 e. The molecule has 1 saturated carbocycles. The number of aromatic nitrogens is 2. The van der Waals surface area contributed by atoms with Gasteiger partial charge in [-0.25, -0.2) is 4.98 Å². The van der Waals surface area contributed by atoms with Gasteiger partial charge in [0.2, 0.25) is 5.91 Å². The largest absolute Gasteiger partial charge is 0.497 e. The van der Waals surface area contributed by atoms with Crippen molar-refractivity contribution in [1.82, 2.24) is 9.97 Å². The fourth-order valence-corrected chi connectivity index (χ4v) is 5.74. The van der Waals surface area contributed by atoms with Crippen LogP contribution < -0.4 is 15.0 Å². The summed E-state index contributed by atoms with van der Waals surface area (Å²) in [5, 5.41) is 3.77. The van der Waals surface area contributed by atoms with E-state index < -0.39 is 5.54 Å². The molecule has 0 bridgehead atoms. The van der Waals surface area contributed by atoms with E-state index in [1.54, 1.807) is 12.0 Å². The molecular weight excluding hydrogens is 484 g/mol. The van der Waals surface area contributed by atoms with Crippen LogP contribution >= 0.6 is 11.8 Å². The normalized spacial score (nSPS) is 14.7. The van der Waals surface area contributed by atoms with Crippen LogP contribution in [-0.4, -0.2) is 40.2 Å². The van der Waals surface area contributed by atoms with Crippen molar-refractivity contribution in [2.24, 2.45) is 0 Å². The first-order valence-corrected chi connectivity index (χ1v) is 13.5. The molecule has 3 aromatic carbocycles. The molecule has 1 aliphatic rings. The summed E-state index contributed by atoms with van der Waals surface area (Å²) in [6.45, 7) is 0. The van der Waals surface area contributed by atoms with Crippen molar-refractivity contribution in [1.29, 1.82) is 0 Å². The highest BCUT2D eigenvalue weighted by Gasteiger charge is 2.47. The number of para-hydroxylation sites is 3. The van der Waals surface area contributed by atoms with Crippen molar-refractivity contribution in [2.75, 3.05) is 23.1 Å². The van der Waals surface area contributed by atoms with E-state index in [4.69, 9.17) is 4.74 Å². The number of thioether (sulfide) groups is 1. The highest BCUT2D eigenvalue weighted by molar-refractivity contribution is 7.99. The van der Waals surface area contributed by atoms with Gasteiger partial charge >= 0.3 is 0 Å². The van der Waals surface area contributed by atoms with Crippen molar-refractivity contribution in [3.8, 4) is 5.75 Å². The third-order valence-electron chi connectivity index (χ3n) is 6.84. The SMILES string of the molecule is COc1ccc(NC(=O)C2(N(C(=O)CSc3nc4ccccc4[nH]3)c3ccccc3)CCCCC2)cc1. The Morgan fingerprint density at radius 1 is 0.973 bits per heavy atom. The zero-order valence-corrected chi connectivity index (χ0v) is 21.6. The van der Waals surface area contributed by atoms with Crippen LogP contribution in [-0.2, 0) is 9.59 Å². The molecule has 0 aliphatic heterocycles. The molecule has 0 atom stereocenters. The Morgan fingerprint density at radius 3 is 2.38 bits per heavy atom. The Balaban J connectivity index is 1.44. The number of nitrogens with zero attached hydrogens (tertiary/aromatic N) is 2. The quantitative estimate of drug-likeness (QED) is 0.280. The Labute approximate surface area is 220 Å². The standard InChI is InChI=1S/C29H30N4O3S/c1-36-23-16-14-21(15-17-23)30-27(35)29(18-8-3-9-19-29)33(22-10-4-2-5-11-22)26(34)20-37-28-31-24-12-6-7-13-25(24)32-28/h2,4-7,10-17H,3,8-9,18-20H2,1H3,(H,30,35)(H,31,32). The number of carbonyl (C=O) groups is 2. The van der Waals surface area contributed by atoms with Crippen molar-refractivity contribution < 1.29 is 14.3 Å². The molecule has 8 heteroatoms. The maximum atomic E-state index is 14.0. The molecule has 37 heavy (non-hydrogen) atoms. The van der Waals surface area contributed by atoms with Crippen molar-refractivity contribution in [3.05, 3.63) is 78.9 Å². The fraction of sp³-hybridized carbons (Fsp3) is 0.276. The zero-order valence-electron chi connectivity index (χ0n) is 20.8. The van der Waals surface area contributed by atoms with E-state index in [1.807, 2.05) is 78.9 Å². The van der Waals surface area contributed by atoms with Crippen LogP contribution in [0.2, 0.25) is 0 Å². The Kier molecular flexibility index (Phi) is 7.46. The number of benzene rings is 3. The Bertz CT molecular complexity index is 1330. The van der Waals surface area contributed by atoms with E-state index in [1.165, 1.54) is 11.8 Å². The monoisotopic (exact) mass is 514 g/mol. The number of fused-ring (bicyclic) bond motifs is 1. The number of amides is 2. The van der Waals surface area contributed by atoms with Crippen LogP contribution in [0.15, 0.2) is 84.0 Å². The predicted octanol–water partition coefficient (Wildman–Crippen LogP) is 6.04. The number of methoxy groups -OCH3 is 1. The van der Waals surface area contributed by atoms with E-state index in [0.29, 0.717) is 29.4 Å². The van der Waals surface area contributed by atoms with E-state index in [-0.39, 0.29) is 17.6 Å². The van der Waals surface area contributed by atoms with Crippen LogP contribution in [0, 0.1) is 0 Å². The minimum absolute atomic E-state index is 0.122. The first kappa shape index (κ1) is 24.9. The van der Waals surface area contributed by atoms with Crippen molar-refractivity contribution in [2.45, 2.75) is 42.8 Å². The molecule has 1 aliphatic carbocycles. The third kappa shape index (κ3) is 5.34. The molecule has 1 heterocycles. The van der Waals surface area contributed by atoms with Gasteiger partial charge in [-0.15, -0.1) is 0 Å². The van der Waals surface area contributed by atoms with Crippen LogP contribution in [0.4, 0.5) is 11.4 Å². The lowest BCUT2D eigenvalue weighted by molar-refractivity contribution is -0.127. The number of carbonyl (C=O) groups excluding carboxylic acids is 2. The second-order valence-electron chi connectivity index (χ2n) is 9.19. The molecular formula is C29H30N4O3S. The summed E-state index contributed by atoms with van der Waals surface area (Å²) in [4.78, 5) is 37.5. The maximum Gasteiger partial charge on any atom is 0.250 e. The van der Waals surface area contributed by atoms with Crippen LogP contribution in [0.3, 0.4) is 0 Å². The summed E-state index contributed by atoms with van der Waals surface area (Å²) >= 11 is 1.36. The molecule has 2 amide bonds. The van der Waals surface area contributed by atoms with Gasteiger partial charge in [-0.2, -0.15) is 0 Å². The van der Waals surface area contributed by atoms with Crippen molar-refractivity contribution >= 4 is 46.0 Å². The average Bonchev–Trinajstić information content (AvgIpc) is 3.37. The van der Waals surface area contributed by atoms with E-state index in [9.17, 15) is 9.59 Å². The number of hydrogen-bond donors (Lipinski definition) is 2. The van der Waals surface area contributed by atoms with E-state index in [2.05, 4.69) is 15.3 Å². The van der Waals surface area contributed by atoms with Gasteiger partial charge in [-0.1, -0.05) is 61.4 Å². The zero-order chi connectivity index (χ0) is 25.7. The van der Waals surface area contributed by atoms with Gasteiger partial charge in [-0.3, -0.25) is 14.5 Å². The summed E-state index contributed by atoms with van der Waals surface area (Å²) in [7, 11) is 1.61. The molecule has 5 rings (SSSR count).